The first-order valence-electron chi connectivity index (χ1n) is 7.17. The van der Waals surface area contributed by atoms with Crippen LogP contribution in [0.4, 0.5) is 0 Å². The van der Waals surface area contributed by atoms with E-state index in [1.165, 1.54) is 12.0 Å². The van der Waals surface area contributed by atoms with Crippen molar-refractivity contribution >= 4 is 5.91 Å². The number of piperidine rings is 1. The summed E-state index contributed by atoms with van der Waals surface area (Å²) in [4.78, 5) is 14.3. The van der Waals surface area contributed by atoms with E-state index in [-0.39, 0.29) is 5.91 Å². The van der Waals surface area contributed by atoms with Crippen molar-refractivity contribution in [3.63, 3.8) is 0 Å². The van der Waals surface area contributed by atoms with Gasteiger partial charge in [0.05, 0.1) is 6.42 Å². The molecule has 1 amide bonds. The molecule has 0 aliphatic carbocycles. The summed E-state index contributed by atoms with van der Waals surface area (Å²) in [7, 11) is 1.98. The third-order valence-electron chi connectivity index (χ3n) is 3.84. The average Bonchev–Trinajstić information content (AvgIpc) is 2.42. The minimum Gasteiger partial charge on any atom is -0.342 e. The number of nitrogens with one attached hydrogen (secondary N) is 1. The Balaban J connectivity index is 1.90. The summed E-state index contributed by atoms with van der Waals surface area (Å²) < 4.78 is 0. The van der Waals surface area contributed by atoms with Crippen molar-refractivity contribution in [3.8, 4) is 0 Å². The van der Waals surface area contributed by atoms with Gasteiger partial charge in [-0.2, -0.15) is 0 Å². The van der Waals surface area contributed by atoms with E-state index in [2.05, 4.69) is 36.5 Å². The highest BCUT2D eigenvalue weighted by Gasteiger charge is 2.22. The molecule has 1 aromatic carbocycles. The Morgan fingerprint density at radius 2 is 2.11 bits per heavy atom. The number of nitrogens with zero attached hydrogens (tertiary/aromatic N) is 1. The summed E-state index contributed by atoms with van der Waals surface area (Å²) in [6, 6.07) is 8.26. The van der Waals surface area contributed by atoms with Crippen LogP contribution in [0.1, 0.15) is 24.0 Å². The molecule has 0 saturated carbocycles. The van der Waals surface area contributed by atoms with Gasteiger partial charge in [0.2, 0.25) is 5.91 Å². The molecule has 1 aromatic rings. The molecule has 1 atom stereocenters. The molecule has 1 unspecified atom stereocenters. The molecule has 0 spiro atoms. The van der Waals surface area contributed by atoms with E-state index in [1.54, 1.807) is 0 Å². The monoisotopic (exact) mass is 260 g/mol. The second kappa shape index (κ2) is 6.71. The normalized spacial score (nSPS) is 19.5. The van der Waals surface area contributed by atoms with Crippen LogP contribution in [0.2, 0.25) is 0 Å². The van der Waals surface area contributed by atoms with Gasteiger partial charge in [0.25, 0.3) is 0 Å². The van der Waals surface area contributed by atoms with E-state index in [0.29, 0.717) is 12.3 Å². The number of likely N-dealkylation sites (tertiary alicyclic amines) is 1. The first kappa shape index (κ1) is 14.1. The van der Waals surface area contributed by atoms with Crippen LogP contribution in [-0.4, -0.2) is 37.5 Å². The Kier molecular flexibility index (Phi) is 4.97. The van der Waals surface area contributed by atoms with Crippen molar-refractivity contribution in [2.75, 3.05) is 26.7 Å². The fourth-order valence-electron chi connectivity index (χ4n) is 2.74. The molecular formula is C16H24N2O. The van der Waals surface area contributed by atoms with Gasteiger partial charge in [0.1, 0.15) is 0 Å². The highest BCUT2D eigenvalue weighted by atomic mass is 16.2. The maximum atomic E-state index is 12.3. The average molecular weight is 260 g/mol. The summed E-state index contributed by atoms with van der Waals surface area (Å²) in [5, 5.41) is 3.21. The zero-order valence-corrected chi connectivity index (χ0v) is 12.0. The second-order valence-corrected chi connectivity index (χ2v) is 5.57. The number of amides is 1. The lowest BCUT2D eigenvalue weighted by Crippen LogP contribution is -2.43. The van der Waals surface area contributed by atoms with E-state index in [0.717, 1.165) is 31.6 Å². The molecule has 1 aliphatic rings. The number of carbonyl (C=O) groups is 1. The molecule has 104 valence electrons. The Labute approximate surface area is 116 Å². The first-order valence-corrected chi connectivity index (χ1v) is 7.17. The van der Waals surface area contributed by atoms with Crippen LogP contribution in [-0.2, 0) is 11.2 Å². The van der Waals surface area contributed by atoms with E-state index in [1.807, 2.05) is 11.9 Å². The van der Waals surface area contributed by atoms with E-state index < -0.39 is 0 Å². The van der Waals surface area contributed by atoms with Gasteiger partial charge in [-0.3, -0.25) is 4.79 Å². The summed E-state index contributed by atoms with van der Waals surface area (Å²) in [6.07, 6.45) is 2.90. The number of rotatable bonds is 4. The van der Waals surface area contributed by atoms with Crippen LogP contribution >= 0.6 is 0 Å². The van der Waals surface area contributed by atoms with E-state index in [4.69, 9.17) is 0 Å². The Hall–Kier alpha value is -1.35. The minimum atomic E-state index is 0.268. The Bertz CT molecular complexity index is 411. The number of hydrogen-bond acceptors (Lipinski definition) is 2. The molecule has 3 nitrogen and oxygen atoms in total. The van der Waals surface area contributed by atoms with E-state index >= 15 is 0 Å². The smallest absolute Gasteiger partial charge is 0.226 e. The van der Waals surface area contributed by atoms with Gasteiger partial charge in [-0.05, 0) is 44.8 Å². The zero-order chi connectivity index (χ0) is 13.7. The maximum absolute atomic E-state index is 12.3. The number of aryl methyl sites for hydroxylation is 1. The molecule has 19 heavy (non-hydrogen) atoms. The molecule has 0 aromatic heterocycles. The SMILES string of the molecule is CNCC1CCCN(C(=O)Cc2ccc(C)cc2)C1. The molecule has 1 fully saturated rings. The second-order valence-electron chi connectivity index (χ2n) is 5.57. The third kappa shape index (κ3) is 4.06. The van der Waals surface area contributed by atoms with Crippen molar-refractivity contribution < 1.29 is 4.79 Å². The third-order valence-corrected chi connectivity index (χ3v) is 3.84. The number of benzene rings is 1. The van der Waals surface area contributed by atoms with Crippen LogP contribution in [0.3, 0.4) is 0 Å². The quantitative estimate of drug-likeness (QED) is 0.898. The Morgan fingerprint density at radius 3 is 2.79 bits per heavy atom. The number of carbonyl (C=O) groups excluding carboxylic acids is 1. The largest absolute Gasteiger partial charge is 0.342 e. The fraction of sp³-hybridized carbons (Fsp3) is 0.562. The molecule has 1 N–H and O–H groups in total. The van der Waals surface area contributed by atoms with Crippen LogP contribution < -0.4 is 5.32 Å². The standard InChI is InChI=1S/C16H24N2O/c1-13-5-7-14(8-6-13)10-16(19)18-9-3-4-15(12-18)11-17-2/h5-8,15,17H,3-4,9-12H2,1-2H3. The minimum absolute atomic E-state index is 0.268. The lowest BCUT2D eigenvalue weighted by molar-refractivity contribution is -0.132. The van der Waals surface area contributed by atoms with Crippen LogP contribution in [0.25, 0.3) is 0 Å². The number of hydrogen-bond donors (Lipinski definition) is 1. The van der Waals surface area contributed by atoms with Crippen LogP contribution in [0, 0.1) is 12.8 Å². The molecule has 0 radical (unpaired) electrons. The molecule has 1 saturated heterocycles. The molecule has 1 aliphatic heterocycles. The van der Waals surface area contributed by atoms with Gasteiger partial charge in [-0.1, -0.05) is 29.8 Å². The lowest BCUT2D eigenvalue weighted by atomic mass is 9.97. The fourth-order valence-corrected chi connectivity index (χ4v) is 2.74. The van der Waals surface area contributed by atoms with Crippen molar-refractivity contribution in [2.24, 2.45) is 5.92 Å². The van der Waals surface area contributed by atoms with Crippen LogP contribution in [0.15, 0.2) is 24.3 Å². The highest BCUT2D eigenvalue weighted by molar-refractivity contribution is 5.78. The highest BCUT2D eigenvalue weighted by Crippen LogP contribution is 2.17. The summed E-state index contributed by atoms with van der Waals surface area (Å²) >= 11 is 0. The Morgan fingerprint density at radius 1 is 1.37 bits per heavy atom. The molecule has 1 heterocycles. The zero-order valence-electron chi connectivity index (χ0n) is 12.0. The van der Waals surface area contributed by atoms with Gasteiger partial charge in [-0.15, -0.1) is 0 Å². The van der Waals surface area contributed by atoms with Gasteiger partial charge in [-0.25, -0.2) is 0 Å². The van der Waals surface area contributed by atoms with Crippen molar-refractivity contribution in [2.45, 2.75) is 26.2 Å². The van der Waals surface area contributed by atoms with Gasteiger partial charge in [0, 0.05) is 13.1 Å². The topological polar surface area (TPSA) is 32.3 Å². The van der Waals surface area contributed by atoms with Crippen molar-refractivity contribution in [1.82, 2.24) is 10.2 Å². The van der Waals surface area contributed by atoms with Gasteiger partial charge < -0.3 is 10.2 Å². The molecule has 2 rings (SSSR count). The van der Waals surface area contributed by atoms with Crippen molar-refractivity contribution in [1.29, 1.82) is 0 Å². The summed E-state index contributed by atoms with van der Waals surface area (Å²) in [5.41, 5.74) is 2.36. The maximum Gasteiger partial charge on any atom is 0.226 e. The van der Waals surface area contributed by atoms with Gasteiger partial charge >= 0.3 is 0 Å². The van der Waals surface area contributed by atoms with E-state index in [9.17, 15) is 4.79 Å². The predicted molar refractivity (Wildman–Crippen MR) is 78.1 cm³/mol. The summed E-state index contributed by atoms with van der Waals surface area (Å²) in [6.45, 7) is 4.91. The molecule has 0 bridgehead atoms. The lowest BCUT2D eigenvalue weighted by Gasteiger charge is -2.32. The first-order chi connectivity index (χ1) is 9.19. The van der Waals surface area contributed by atoms with Gasteiger partial charge in [0.15, 0.2) is 0 Å². The molecule has 3 heteroatoms. The summed E-state index contributed by atoms with van der Waals surface area (Å²) in [5.74, 6) is 0.880. The molecular weight excluding hydrogens is 236 g/mol. The predicted octanol–water partition coefficient (Wildman–Crippen LogP) is 2.00. The van der Waals surface area contributed by atoms with Crippen molar-refractivity contribution in [3.05, 3.63) is 35.4 Å². The van der Waals surface area contributed by atoms with Crippen LogP contribution in [0.5, 0.6) is 0 Å².